The van der Waals surface area contributed by atoms with Gasteiger partial charge in [-0.25, -0.2) is 4.98 Å². The van der Waals surface area contributed by atoms with Gasteiger partial charge in [-0.15, -0.1) is 34.0 Å². The minimum atomic E-state index is -0.0696. The number of thiazole rings is 1. The van der Waals surface area contributed by atoms with Crippen molar-refractivity contribution in [2.75, 3.05) is 6.54 Å². The second kappa shape index (κ2) is 8.91. The molecule has 3 aromatic rings. The zero-order valence-electron chi connectivity index (χ0n) is 15.6. The van der Waals surface area contributed by atoms with Crippen LogP contribution in [-0.2, 0) is 11.2 Å². The molecule has 0 fully saturated rings. The lowest BCUT2D eigenvalue weighted by atomic mass is 10.1. The third-order valence-electron chi connectivity index (χ3n) is 4.15. The van der Waals surface area contributed by atoms with Crippen LogP contribution >= 0.6 is 34.0 Å². The average molecular weight is 419 g/mol. The van der Waals surface area contributed by atoms with Crippen LogP contribution in [0.4, 0.5) is 0 Å². The second-order valence-corrected chi connectivity index (χ2v) is 10.1. The molecule has 0 unspecified atom stereocenters. The monoisotopic (exact) mass is 418 g/mol. The molecular weight excluding hydrogens is 396 g/mol. The molecule has 7 heteroatoms. The SMILES string of the molecule is Cc1cc(C(=O)CCC(=O)NCCc2ccc(-c3csc(C)n3)s2)c(C)s1. The number of aryl methyl sites for hydroxylation is 3. The minimum Gasteiger partial charge on any atom is -0.356 e. The van der Waals surface area contributed by atoms with E-state index in [9.17, 15) is 9.59 Å². The third kappa shape index (κ3) is 5.34. The highest BCUT2D eigenvalue weighted by Crippen LogP contribution is 2.29. The van der Waals surface area contributed by atoms with Gasteiger partial charge in [-0.05, 0) is 45.4 Å². The highest BCUT2D eigenvalue weighted by molar-refractivity contribution is 7.16. The number of Topliss-reactive ketones (excluding diaryl/α,β-unsaturated/α-hetero) is 1. The Balaban J connectivity index is 1.41. The van der Waals surface area contributed by atoms with Crippen LogP contribution in [-0.4, -0.2) is 23.2 Å². The number of aromatic nitrogens is 1. The van der Waals surface area contributed by atoms with Crippen molar-refractivity contribution in [3.05, 3.63) is 48.8 Å². The number of nitrogens with zero attached hydrogens (tertiary/aromatic N) is 1. The summed E-state index contributed by atoms with van der Waals surface area (Å²) in [6, 6.07) is 6.09. The fraction of sp³-hybridized carbons (Fsp3) is 0.350. The maximum absolute atomic E-state index is 12.2. The van der Waals surface area contributed by atoms with Crippen LogP contribution in [0.25, 0.3) is 10.6 Å². The molecule has 0 aliphatic carbocycles. The van der Waals surface area contributed by atoms with Crippen molar-refractivity contribution in [1.29, 1.82) is 0 Å². The van der Waals surface area contributed by atoms with Crippen molar-refractivity contribution in [3.63, 3.8) is 0 Å². The molecule has 0 aromatic carbocycles. The number of thiophene rings is 2. The van der Waals surface area contributed by atoms with Crippen molar-refractivity contribution < 1.29 is 9.59 Å². The number of nitrogens with one attached hydrogen (secondary N) is 1. The lowest BCUT2D eigenvalue weighted by molar-refractivity contribution is -0.121. The fourth-order valence-corrected chi connectivity index (χ4v) is 5.41. The molecule has 4 nitrogen and oxygen atoms in total. The van der Waals surface area contributed by atoms with Gasteiger partial charge in [0, 0.05) is 45.0 Å². The topological polar surface area (TPSA) is 59.1 Å². The Hall–Kier alpha value is -1.83. The van der Waals surface area contributed by atoms with Gasteiger partial charge in [-0.1, -0.05) is 0 Å². The summed E-state index contributed by atoms with van der Waals surface area (Å²) in [5.74, 6) is -0.0201. The van der Waals surface area contributed by atoms with Crippen molar-refractivity contribution in [2.24, 2.45) is 0 Å². The summed E-state index contributed by atoms with van der Waals surface area (Å²) < 4.78 is 0. The van der Waals surface area contributed by atoms with Gasteiger partial charge in [0.25, 0.3) is 0 Å². The summed E-state index contributed by atoms with van der Waals surface area (Å²) in [4.78, 5) is 33.3. The molecule has 0 bridgehead atoms. The van der Waals surface area contributed by atoms with E-state index in [1.165, 1.54) is 4.88 Å². The molecule has 3 rings (SSSR count). The first-order valence-electron chi connectivity index (χ1n) is 8.80. The van der Waals surface area contributed by atoms with E-state index in [-0.39, 0.29) is 24.5 Å². The summed E-state index contributed by atoms with van der Waals surface area (Å²) in [5.41, 5.74) is 1.78. The van der Waals surface area contributed by atoms with Crippen LogP contribution in [0.1, 0.15) is 42.8 Å². The summed E-state index contributed by atoms with van der Waals surface area (Å²) in [6.45, 7) is 6.53. The molecule has 3 aromatic heterocycles. The standard InChI is InChI=1S/C20H22N2O2S3/c1-12-10-16(13(2)26-12)18(23)5-7-20(24)21-9-8-15-4-6-19(27-15)17-11-25-14(3)22-17/h4,6,10-11H,5,7-9H2,1-3H3,(H,21,24). The molecule has 1 N–H and O–H groups in total. The molecule has 3 heterocycles. The van der Waals surface area contributed by atoms with Gasteiger partial charge in [-0.2, -0.15) is 0 Å². The van der Waals surface area contributed by atoms with E-state index in [1.807, 2.05) is 26.8 Å². The molecule has 0 atom stereocenters. The first kappa shape index (κ1) is 19.9. The predicted octanol–water partition coefficient (Wildman–Crippen LogP) is 5.18. The van der Waals surface area contributed by atoms with Gasteiger partial charge >= 0.3 is 0 Å². The third-order valence-corrected chi connectivity index (χ3v) is 7.05. The number of amides is 1. The van der Waals surface area contributed by atoms with Gasteiger partial charge in [0.05, 0.1) is 15.6 Å². The number of hydrogen-bond acceptors (Lipinski definition) is 6. The molecule has 0 saturated carbocycles. The minimum absolute atomic E-state index is 0.0495. The Kier molecular flexibility index (Phi) is 6.57. The van der Waals surface area contributed by atoms with Crippen molar-refractivity contribution in [3.8, 4) is 10.6 Å². The Morgan fingerprint density at radius 1 is 1.11 bits per heavy atom. The summed E-state index contributed by atoms with van der Waals surface area (Å²) in [6.07, 6.45) is 1.28. The number of carbonyl (C=O) groups excluding carboxylic acids is 2. The first-order chi connectivity index (χ1) is 12.9. The fourth-order valence-electron chi connectivity index (χ4n) is 2.81. The van der Waals surface area contributed by atoms with Gasteiger partial charge in [0.1, 0.15) is 0 Å². The zero-order chi connectivity index (χ0) is 19.4. The van der Waals surface area contributed by atoms with Gasteiger partial charge in [0.15, 0.2) is 5.78 Å². The van der Waals surface area contributed by atoms with E-state index in [2.05, 4.69) is 27.8 Å². The summed E-state index contributed by atoms with van der Waals surface area (Å²) in [7, 11) is 0. The van der Waals surface area contributed by atoms with Gasteiger partial charge in [0.2, 0.25) is 5.91 Å². The second-order valence-electron chi connectivity index (χ2n) is 6.37. The van der Waals surface area contributed by atoms with E-state index in [0.29, 0.717) is 6.54 Å². The summed E-state index contributed by atoms with van der Waals surface area (Å²) in [5, 5.41) is 6.05. The lowest BCUT2D eigenvalue weighted by Gasteiger charge is -2.04. The van der Waals surface area contributed by atoms with Crippen LogP contribution in [0.15, 0.2) is 23.6 Å². The number of ketones is 1. The van der Waals surface area contributed by atoms with Crippen LogP contribution in [0, 0.1) is 20.8 Å². The van der Waals surface area contributed by atoms with Crippen LogP contribution in [0.2, 0.25) is 0 Å². The first-order valence-corrected chi connectivity index (χ1v) is 11.3. The maximum atomic E-state index is 12.2. The molecule has 27 heavy (non-hydrogen) atoms. The average Bonchev–Trinajstić information content (AvgIpc) is 3.33. The maximum Gasteiger partial charge on any atom is 0.220 e. The van der Waals surface area contributed by atoms with Gasteiger partial charge in [-0.3, -0.25) is 9.59 Å². The Bertz CT molecular complexity index is 952. The van der Waals surface area contributed by atoms with Gasteiger partial charge < -0.3 is 5.32 Å². The number of rotatable bonds is 8. The van der Waals surface area contributed by atoms with Crippen molar-refractivity contribution in [1.82, 2.24) is 10.3 Å². The van der Waals surface area contributed by atoms with E-state index in [4.69, 9.17) is 0 Å². The Morgan fingerprint density at radius 3 is 2.59 bits per heavy atom. The van der Waals surface area contributed by atoms with E-state index in [1.54, 1.807) is 34.0 Å². The van der Waals surface area contributed by atoms with E-state index < -0.39 is 0 Å². The van der Waals surface area contributed by atoms with Crippen LogP contribution in [0.3, 0.4) is 0 Å². The van der Waals surface area contributed by atoms with Crippen LogP contribution < -0.4 is 5.32 Å². The smallest absolute Gasteiger partial charge is 0.220 e. The molecule has 0 saturated heterocycles. The van der Waals surface area contributed by atoms with E-state index in [0.717, 1.165) is 37.3 Å². The molecule has 0 aliphatic rings. The normalized spacial score (nSPS) is 10.9. The predicted molar refractivity (Wildman–Crippen MR) is 114 cm³/mol. The Labute approximate surface area is 171 Å². The lowest BCUT2D eigenvalue weighted by Crippen LogP contribution is -2.25. The quantitative estimate of drug-likeness (QED) is 0.513. The molecular formula is C20H22N2O2S3. The van der Waals surface area contributed by atoms with Crippen LogP contribution in [0.5, 0.6) is 0 Å². The number of hydrogen-bond donors (Lipinski definition) is 1. The van der Waals surface area contributed by atoms with Crippen molar-refractivity contribution >= 4 is 45.7 Å². The van der Waals surface area contributed by atoms with Crippen molar-refractivity contribution in [2.45, 2.75) is 40.0 Å². The molecule has 1 amide bonds. The molecule has 0 aliphatic heterocycles. The van der Waals surface area contributed by atoms with E-state index >= 15 is 0 Å². The number of carbonyl (C=O) groups is 2. The Morgan fingerprint density at radius 2 is 1.93 bits per heavy atom. The molecule has 142 valence electrons. The zero-order valence-corrected chi connectivity index (χ0v) is 18.1. The highest BCUT2D eigenvalue weighted by Gasteiger charge is 2.14. The highest BCUT2D eigenvalue weighted by atomic mass is 32.1. The largest absolute Gasteiger partial charge is 0.356 e. The molecule has 0 radical (unpaired) electrons. The summed E-state index contributed by atoms with van der Waals surface area (Å²) >= 11 is 4.98. The molecule has 0 spiro atoms.